The van der Waals surface area contributed by atoms with Crippen molar-refractivity contribution in [1.82, 2.24) is 10.6 Å². The van der Waals surface area contributed by atoms with E-state index in [4.69, 9.17) is 0 Å². The molecule has 4 nitrogen and oxygen atoms in total. The summed E-state index contributed by atoms with van der Waals surface area (Å²) in [7, 11) is 0. The summed E-state index contributed by atoms with van der Waals surface area (Å²) in [4.78, 5) is 7.16. The lowest BCUT2D eigenvalue weighted by atomic mass is 10.1. The Kier molecular flexibility index (Phi) is 6.63. The number of nitrogens with one attached hydrogen (secondary N) is 2. The molecule has 1 aromatic rings. The largest absolute Gasteiger partial charge is 0.370 e. The molecule has 1 aromatic carbocycles. The van der Waals surface area contributed by atoms with Crippen molar-refractivity contribution in [2.24, 2.45) is 4.99 Å². The van der Waals surface area contributed by atoms with Crippen LogP contribution in [0.1, 0.15) is 33.3 Å². The molecule has 1 aliphatic rings. The summed E-state index contributed by atoms with van der Waals surface area (Å²) in [6.07, 6.45) is 0. The van der Waals surface area contributed by atoms with Crippen LogP contribution in [0.4, 0.5) is 5.69 Å². The Morgan fingerprint density at radius 1 is 1.17 bits per heavy atom. The first-order valence-corrected chi connectivity index (χ1v) is 9.61. The highest BCUT2D eigenvalue weighted by atomic mass is 32.2. The molecule has 0 bridgehead atoms. The van der Waals surface area contributed by atoms with Crippen LogP contribution >= 0.6 is 11.8 Å². The minimum Gasteiger partial charge on any atom is -0.370 e. The Labute approximate surface area is 145 Å². The molecular formula is C18H30N4S. The molecule has 0 spiro atoms. The molecule has 1 saturated heterocycles. The van der Waals surface area contributed by atoms with Crippen molar-refractivity contribution in [2.45, 2.75) is 39.8 Å². The number of hydrogen-bond donors (Lipinski definition) is 2. The standard InChI is InChI=1S/C18H30N4S/c1-5-19-17(21-18(2,3)4)20-14-15-6-8-16(9-7-15)22-10-12-23-13-11-22/h6-9H,5,10-14H2,1-4H3,(H2,19,20,21). The summed E-state index contributed by atoms with van der Waals surface area (Å²) < 4.78 is 0. The van der Waals surface area contributed by atoms with E-state index >= 15 is 0 Å². The normalized spacial score (nSPS) is 16.3. The fourth-order valence-corrected chi connectivity index (χ4v) is 3.37. The highest BCUT2D eigenvalue weighted by Gasteiger charge is 2.12. The van der Waals surface area contributed by atoms with Gasteiger partial charge in [-0.1, -0.05) is 12.1 Å². The minimum absolute atomic E-state index is 0.0110. The van der Waals surface area contributed by atoms with Gasteiger partial charge in [-0.2, -0.15) is 11.8 Å². The van der Waals surface area contributed by atoms with Crippen LogP contribution in [0.2, 0.25) is 0 Å². The van der Waals surface area contributed by atoms with Crippen LogP contribution in [0.5, 0.6) is 0 Å². The predicted octanol–water partition coefficient (Wildman–Crippen LogP) is 3.09. The number of rotatable bonds is 4. The molecule has 0 aliphatic carbocycles. The van der Waals surface area contributed by atoms with Gasteiger partial charge in [-0.3, -0.25) is 0 Å². The van der Waals surface area contributed by atoms with Crippen LogP contribution < -0.4 is 15.5 Å². The zero-order chi connectivity index (χ0) is 16.7. The molecule has 0 amide bonds. The zero-order valence-electron chi connectivity index (χ0n) is 14.9. The smallest absolute Gasteiger partial charge is 0.191 e. The Morgan fingerprint density at radius 3 is 2.39 bits per heavy atom. The third-order valence-electron chi connectivity index (χ3n) is 3.57. The van der Waals surface area contributed by atoms with E-state index < -0.39 is 0 Å². The van der Waals surface area contributed by atoms with E-state index in [-0.39, 0.29) is 5.54 Å². The van der Waals surface area contributed by atoms with Crippen LogP contribution in [0.3, 0.4) is 0 Å². The molecule has 23 heavy (non-hydrogen) atoms. The van der Waals surface area contributed by atoms with E-state index in [0.717, 1.165) is 25.6 Å². The second kappa shape index (κ2) is 8.48. The fourth-order valence-electron chi connectivity index (χ4n) is 2.47. The van der Waals surface area contributed by atoms with Crippen molar-refractivity contribution in [1.29, 1.82) is 0 Å². The van der Waals surface area contributed by atoms with Gasteiger partial charge in [0.05, 0.1) is 6.54 Å². The molecule has 2 rings (SSSR count). The lowest BCUT2D eigenvalue weighted by Crippen LogP contribution is -2.47. The topological polar surface area (TPSA) is 39.7 Å². The summed E-state index contributed by atoms with van der Waals surface area (Å²) in [5, 5.41) is 6.72. The molecule has 1 heterocycles. The summed E-state index contributed by atoms with van der Waals surface area (Å²) in [5.41, 5.74) is 2.58. The van der Waals surface area contributed by atoms with Gasteiger partial charge in [-0.25, -0.2) is 4.99 Å². The summed E-state index contributed by atoms with van der Waals surface area (Å²) >= 11 is 2.04. The highest BCUT2D eigenvalue weighted by Crippen LogP contribution is 2.20. The van der Waals surface area contributed by atoms with Gasteiger partial charge in [0.15, 0.2) is 5.96 Å². The van der Waals surface area contributed by atoms with Crippen LogP contribution in [-0.2, 0) is 6.54 Å². The maximum Gasteiger partial charge on any atom is 0.191 e. The molecule has 0 aromatic heterocycles. The summed E-state index contributed by atoms with van der Waals surface area (Å²) in [6, 6.07) is 8.85. The third-order valence-corrected chi connectivity index (χ3v) is 4.51. The van der Waals surface area contributed by atoms with Crippen molar-refractivity contribution in [2.75, 3.05) is 36.0 Å². The fraction of sp³-hybridized carbons (Fsp3) is 0.611. The monoisotopic (exact) mass is 334 g/mol. The number of benzene rings is 1. The molecule has 128 valence electrons. The van der Waals surface area contributed by atoms with Crippen LogP contribution in [-0.4, -0.2) is 42.6 Å². The van der Waals surface area contributed by atoms with Crippen LogP contribution in [0, 0.1) is 0 Å². The number of thioether (sulfide) groups is 1. The lowest BCUT2D eigenvalue weighted by molar-refractivity contribution is 0.501. The second-order valence-corrected chi connectivity index (χ2v) is 8.06. The molecular weight excluding hydrogens is 304 g/mol. The molecule has 1 aliphatic heterocycles. The number of aliphatic imine (C=N–C) groups is 1. The van der Waals surface area contributed by atoms with E-state index in [9.17, 15) is 0 Å². The second-order valence-electron chi connectivity index (χ2n) is 6.84. The Morgan fingerprint density at radius 2 is 1.83 bits per heavy atom. The maximum absolute atomic E-state index is 4.69. The third kappa shape index (κ3) is 6.34. The molecule has 0 unspecified atom stereocenters. The van der Waals surface area contributed by atoms with E-state index in [1.165, 1.54) is 22.8 Å². The number of hydrogen-bond acceptors (Lipinski definition) is 3. The van der Waals surface area contributed by atoms with Crippen molar-refractivity contribution >= 4 is 23.4 Å². The average molecular weight is 335 g/mol. The van der Waals surface area contributed by atoms with E-state index in [0.29, 0.717) is 6.54 Å². The first kappa shape index (κ1) is 18.0. The molecule has 0 saturated carbocycles. The van der Waals surface area contributed by atoms with Crippen molar-refractivity contribution in [3.8, 4) is 0 Å². The quantitative estimate of drug-likeness (QED) is 0.656. The average Bonchev–Trinajstić information content (AvgIpc) is 2.53. The minimum atomic E-state index is 0.0110. The molecule has 1 fully saturated rings. The SMILES string of the molecule is CCNC(=NCc1ccc(N2CCSCC2)cc1)NC(C)(C)C. The first-order valence-electron chi connectivity index (χ1n) is 8.46. The van der Waals surface area contributed by atoms with Gasteiger partial charge in [0.1, 0.15) is 0 Å². The van der Waals surface area contributed by atoms with E-state index in [1.807, 2.05) is 11.8 Å². The maximum atomic E-state index is 4.69. The van der Waals surface area contributed by atoms with Crippen molar-refractivity contribution < 1.29 is 0 Å². The lowest BCUT2D eigenvalue weighted by Gasteiger charge is -2.28. The van der Waals surface area contributed by atoms with Gasteiger partial charge in [0.2, 0.25) is 0 Å². The van der Waals surface area contributed by atoms with Gasteiger partial charge < -0.3 is 15.5 Å². The number of anilines is 1. The summed E-state index contributed by atoms with van der Waals surface area (Å²) in [6.45, 7) is 12.4. The van der Waals surface area contributed by atoms with Gasteiger partial charge >= 0.3 is 0 Å². The van der Waals surface area contributed by atoms with E-state index in [1.54, 1.807) is 0 Å². The van der Waals surface area contributed by atoms with Gasteiger partial charge in [0, 0.05) is 42.4 Å². The Balaban J connectivity index is 1.96. The Hall–Kier alpha value is -1.36. The van der Waals surface area contributed by atoms with Gasteiger partial charge in [0.25, 0.3) is 0 Å². The molecule has 0 atom stereocenters. The van der Waals surface area contributed by atoms with Gasteiger partial charge in [-0.15, -0.1) is 0 Å². The van der Waals surface area contributed by atoms with Crippen LogP contribution in [0.25, 0.3) is 0 Å². The number of nitrogens with zero attached hydrogens (tertiary/aromatic N) is 2. The van der Waals surface area contributed by atoms with Crippen molar-refractivity contribution in [3.63, 3.8) is 0 Å². The Bertz CT molecular complexity index is 499. The van der Waals surface area contributed by atoms with E-state index in [2.05, 4.69) is 72.5 Å². The molecule has 2 N–H and O–H groups in total. The zero-order valence-corrected chi connectivity index (χ0v) is 15.7. The number of guanidine groups is 1. The van der Waals surface area contributed by atoms with Gasteiger partial charge in [-0.05, 0) is 45.4 Å². The van der Waals surface area contributed by atoms with Crippen molar-refractivity contribution in [3.05, 3.63) is 29.8 Å². The predicted molar refractivity (Wildman–Crippen MR) is 104 cm³/mol. The van der Waals surface area contributed by atoms with Crippen LogP contribution in [0.15, 0.2) is 29.3 Å². The first-order chi connectivity index (χ1) is 11.0. The summed E-state index contributed by atoms with van der Waals surface area (Å²) in [5.74, 6) is 3.34. The molecule has 0 radical (unpaired) electrons. The highest BCUT2D eigenvalue weighted by molar-refractivity contribution is 7.99. The molecule has 5 heteroatoms.